The van der Waals surface area contributed by atoms with Gasteiger partial charge in [-0.3, -0.25) is 9.59 Å². The highest BCUT2D eigenvalue weighted by Gasteiger charge is 2.27. The summed E-state index contributed by atoms with van der Waals surface area (Å²) in [4.78, 5) is 25.7. The molecule has 1 heterocycles. The molecule has 0 saturated carbocycles. The van der Waals surface area contributed by atoms with Crippen LogP contribution in [-0.4, -0.2) is 37.6 Å². The molecule has 0 radical (unpaired) electrons. The molecule has 8 heteroatoms. The van der Waals surface area contributed by atoms with Crippen LogP contribution < -0.4 is 10.6 Å². The first kappa shape index (κ1) is 22.7. The second-order valence-electron chi connectivity index (χ2n) is 7.81. The van der Waals surface area contributed by atoms with Crippen LogP contribution in [0.25, 0.3) is 0 Å². The molecule has 2 N–H and O–H groups in total. The summed E-state index contributed by atoms with van der Waals surface area (Å²) < 4.78 is 27.1. The Hall–Kier alpha value is -3.49. The monoisotopic (exact) mass is 463 g/mol. The van der Waals surface area contributed by atoms with Gasteiger partial charge < -0.3 is 10.6 Å². The van der Waals surface area contributed by atoms with Gasteiger partial charge in [-0.2, -0.15) is 4.31 Å². The molecule has 4 rings (SSSR count). The normalized spacial score (nSPS) is 14.1. The van der Waals surface area contributed by atoms with Crippen LogP contribution in [0.4, 0.5) is 5.69 Å². The predicted octanol–water partition coefficient (Wildman–Crippen LogP) is 3.65. The molecule has 3 aromatic rings. The molecule has 0 spiro atoms. The van der Waals surface area contributed by atoms with Crippen molar-refractivity contribution in [1.29, 1.82) is 0 Å². The van der Waals surface area contributed by atoms with Crippen molar-refractivity contribution >= 4 is 27.5 Å². The molecule has 0 aromatic heterocycles. The molecular formula is C25H25N3O4S. The minimum atomic E-state index is -3.63. The lowest BCUT2D eigenvalue weighted by Gasteiger charge is -2.16. The molecule has 1 aliphatic rings. The van der Waals surface area contributed by atoms with Crippen LogP contribution in [0, 0.1) is 0 Å². The smallest absolute Gasteiger partial charge is 0.255 e. The quantitative estimate of drug-likeness (QED) is 0.559. The maximum absolute atomic E-state index is 12.9. The molecule has 0 atom stereocenters. The van der Waals surface area contributed by atoms with Gasteiger partial charge >= 0.3 is 0 Å². The van der Waals surface area contributed by atoms with Crippen LogP contribution in [0.15, 0.2) is 83.8 Å². The van der Waals surface area contributed by atoms with Gasteiger partial charge in [0.15, 0.2) is 0 Å². The summed E-state index contributed by atoms with van der Waals surface area (Å²) in [7, 11) is -3.63. The van der Waals surface area contributed by atoms with E-state index < -0.39 is 15.9 Å². The molecule has 0 unspecified atom stereocenters. The highest BCUT2D eigenvalue weighted by Crippen LogP contribution is 2.22. The van der Waals surface area contributed by atoms with Crippen LogP contribution in [0.5, 0.6) is 0 Å². The van der Waals surface area contributed by atoms with Crippen molar-refractivity contribution in [3.8, 4) is 0 Å². The second-order valence-corrected chi connectivity index (χ2v) is 9.74. The number of para-hydroxylation sites is 1. The molecule has 0 aliphatic carbocycles. The summed E-state index contributed by atoms with van der Waals surface area (Å²) in [5.74, 6) is -0.808. The number of carbonyl (C=O) groups is 2. The molecule has 1 fully saturated rings. The molecule has 3 aromatic carbocycles. The lowest BCUT2D eigenvalue weighted by atomic mass is 10.1. The Balaban J connectivity index is 1.50. The van der Waals surface area contributed by atoms with Gasteiger partial charge in [-0.05, 0) is 48.7 Å². The van der Waals surface area contributed by atoms with Crippen molar-refractivity contribution in [3.05, 3.63) is 95.6 Å². The minimum absolute atomic E-state index is 0.0888. The number of nitrogens with one attached hydrogen (secondary N) is 2. The summed E-state index contributed by atoms with van der Waals surface area (Å²) in [5.41, 5.74) is 1.83. The summed E-state index contributed by atoms with van der Waals surface area (Å²) in [6.45, 7) is 1.34. The molecule has 1 aliphatic heterocycles. The van der Waals surface area contributed by atoms with E-state index in [0.29, 0.717) is 30.9 Å². The maximum Gasteiger partial charge on any atom is 0.255 e. The minimum Gasteiger partial charge on any atom is -0.348 e. The Kier molecular flexibility index (Phi) is 6.86. The Bertz CT molecular complexity index is 1250. The first-order valence-electron chi connectivity index (χ1n) is 10.8. The van der Waals surface area contributed by atoms with Crippen LogP contribution in [-0.2, 0) is 16.6 Å². The molecule has 7 nitrogen and oxygen atoms in total. The Morgan fingerprint density at radius 3 is 2.27 bits per heavy atom. The molecule has 1 saturated heterocycles. The van der Waals surface area contributed by atoms with Crippen molar-refractivity contribution in [2.24, 2.45) is 0 Å². The number of benzene rings is 3. The fourth-order valence-corrected chi connectivity index (χ4v) is 5.30. The van der Waals surface area contributed by atoms with Crippen molar-refractivity contribution in [1.82, 2.24) is 9.62 Å². The van der Waals surface area contributed by atoms with E-state index in [0.717, 1.165) is 18.4 Å². The van der Waals surface area contributed by atoms with E-state index in [9.17, 15) is 18.0 Å². The first-order valence-corrected chi connectivity index (χ1v) is 12.2. The molecule has 0 bridgehead atoms. The lowest BCUT2D eigenvalue weighted by molar-refractivity contribution is 0.0951. The summed E-state index contributed by atoms with van der Waals surface area (Å²) in [5, 5.41) is 5.60. The van der Waals surface area contributed by atoms with E-state index in [1.807, 2.05) is 30.3 Å². The zero-order valence-electron chi connectivity index (χ0n) is 18.0. The predicted molar refractivity (Wildman–Crippen MR) is 126 cm³/mol. The number of rotatable bonds is 7. The number of nitrogens with zero attached hydrogens (tertiary/aromatic N) is 1. The SMILES string of the molecule is O=C(Nc1ccccc1C(=O)NCc1ccccc1)c1cccc(S(=O)(=O)N2CCCC2)c1. The van der Waals surface area contributed by atoms with E-state index in [1.54, 1.807) is 36.4 Å². The van der Waals surface area contributed by atoms with Crippen LogP contribution >= 0.6 is 0 Å². The zero-order valence-corrected chi connectivity index (χ0v) is 18.8. The third kappa shape index (κ3) is 5.30. The summed E-state index contributed by atoms with van der Waals surface area (Å²) >= 11 is 0. The van der Waals surface area contributed by atoms with Gasteiger partial charge in [-0.15, -0.1) is 0 Å². The second kappa shape index (κ2) is 9.97. The van der Waals surface area contributed by atoms with Gasteiger partial charge in [0, 0.05) is 25.2 Å². The Morgan fingerprint density at radius 1 is 0.818 bits per heavy atom. The van der Waals surface area contributed by atoms with E-state index in [2.05, 4.69) is 10.6 Å². The van der Waals surface area contributed by atoms with Gasteiger partial charge in [0.05, 0.1) is 16.1 Å². The number of anilines is 1. The number of hydrogen-bond acceptors (Lipinski definition) is 4. The first-order chi connectivity index (χ1) is 15.9. The fraction of sp³-hybridized carbons (Fsp3) is 0.200. The van der Waals surface area contributed by atoms with E-state index in [-0.39, 0.29) is 16.4 Å². The standard InChI is InChI=1S/C25H25N3O4S/c29-24(20-11-8-12-21(17-20)33(31,32)28-15-6-7-16-28)27-23-14-5-4-13-22(23)25(30)26-18-19-9-2-1-3-10-19/h1-5,8-14,17H,6-7,15-16,18H2,(H,26,30)(H,27,29). The zero-order chi connectivity index (χ0) is 23.3. The van der Waals surface area contributed by atoms with Crippen LogP contribution in [0.2, 0.25) is 0 Å². The highest BCUT2D eigenvalue weighted by atomic mass is 32.2. The van der Waals surface area contributed by atoms with E-state index in [4.69, 9.17) is 0 Å². The summed E-state index contributed by atoms with van der Waals surface area (Å²) in [6, 6.07) is 22.2. The number of amides is 2. The van der Waals surface area contributed by atoms with E-state index >= 15 is 0 Å². The summed E-state index contributed by atoms with van der Waals surface area (Å²) in [6.07, 6.45) is 1.67. The van der Waals surface area contributed by atoms with Crippen molar-refractivity contribution in [2.75, 3.05) is 18.4 Å². The fourth-order valence-electron chi connectivity index (χ4n) is 3.73. The van der Waals surface area contributed by atoms with E-state index in [1.165, 1.54) is 16.4 Å². The maximum atomic E-state index is 12.9. The van der Waals surface area contributed by atoms with Gasteiger partial charge in [-0.25, -0.2) is 8.42 Å². The van der Waals surface area contributed by atoms with Gasteiger partial charge in [0.25, 0.3) is 11.8 Å². The third-order valence-corrected chi connectivity index (χ3v) is 7.41. The topological polar surface area (TPSA) is 95.6 Å². The average Bonchev–Trinajstić information content (AvgIpc) is 3.40. The van der Waals surface area contributed by atoms with Gasteiger partial charge in [0.2, 0.25) is 10.0 Å². The number of hydrogen-bond donors (Lipinski definition) is 2. The third-order valence-electron chi connectivity index (χ3n) is 5.51. The van der Waals surface area contributed by atoms with Crippen molar-refractivity contribution in [3.63, 3.8) is 0 Å². The Morgan fingerprint density at radius 2 is 1.52 bits per heavy atom. The van der Waals surface area contributed by atoms with Crippen molar-refractivity contribution < 1.29 is 18.0 Å². The van der Waals surface area contributed by atoms with Crippen LogP contribution in [0.3, 0.4) is 0 Å². The van der Waals surface area contributed by atoms with Gasteiger partial charge in [0.1, 0.15) is 0 Å². The molecule has 170 valence electrons. The largest absolute Gasteiger partial charge is 0.348 e. The molecular weight excluding hydrogens is 438 g/mol. The number of sulfonamides is 1. The van der Waals surface area contributed by atoms with Gasteiger partial charge in [-0.1, -0.05) is 48.5 Å². The van der Waals surface area contributed by atoms with Crippen molar-refractivity contribution in [2.45, 2.75) is 24.3 Å². The Labute approximate surface area is 193 Å². The highest BCUT2D eigenvalue weighted by molar-refractivity contribution is 7.89. The molecule has 2 amide bonds. The number of carbonyl (C=O) groups excluding carboxylic acids is 2. The average molecular weight is 464 g/mol. The lowest BCUT2D eigenvalue weighted by Crippen LogP contribution is -2.28. The van der Waals surface area contributed by atoms with Crippen LogP contribution in [0.1, 0.15) is 39.1 Å². The molecule has 33 heavy (non-hydrogen) atoms.